The summed E-state index contributed by atoms with van der Waals surface area (Å²) in [6, 6.07) is 10.3. The van der Waals surface area contributed by atoms with Crippen LogP contribution in [0.3, 0.4) is 0 Å². The third-order valence-electron chi connectivity index (χ3n) is 3.64. The van der Waals surface area contributed by atoms with E-state index in [9.17, 15) is 0 Å². The fourth-order valence-electron chi connectivity index (χ4n) is 2.63. The molecule has 5 heteroatoms. The van der Waals surface area contributed by atoms with Crippen LogP contribution in [0.4, 0.5) is 5.82 Å². The molecule has 22 heavy (non-hydrogen) atoms. The molecule has 0 bridgehead atoms. The van der Waals surface area contributed by atoms with Crippen molar-refractivity contribution in [2.75, 3.05) is 0 Å². The van der Waals surface area contributed by atoms with Gasteiger partial charge in [-0.1, -0.05) is 66.4 Å². The Morgan fingerprint density at radius 1 is 1.05 bits per heavy atom. The van der Waals surface area contributed by atoms with Crippen molar-refractivity contribution in [2.24, 2.45) is 10.9 Å². The number of rotatable bonds is 1. The first-order valence-electron chi connectivity index (χ1n) is 6.99. The predicted octanol–water partition coefficient (Wildman–Crippen LogP) is 4.42. The van der Waals surface area contributed by atoms with Gasteiger partial charge >= 0.3 is 0 Å². The molecule has 0 amide bonds. The van der Waals surface area contributed by atoms with Crippen molar-refractivity contribution in [3.05, 3.63) is 70.1 Å². The third-order valence-corrected chi connectivity index (χ3v) is 5.39. The van der Waals surface area contributed by atoms with Crippen molar-refractivity contribution in [1.29, 1.82) is 0 Å². The molecule has 0 fully saturated rings. The minimum absolute atomic E-state index is 0.242. The molecule has 0 saturated heterocycles. The second-order valence-corrected chi connectivity index (χ2v) is 7.33. The van der Waals surface area contributed by atoms with Crippen LogP contribution in [-0.4, -0.2) is 20.9 Å². The van der Waals surface area contributed by atoms with Gasteiger partial charge in [0.25, 0.3) is 0 Å². The van der Waals surface area contributed by atoms with Gasteiger partial charge in [-0.2, -0.15) is 0 Å². The summed E-state index contributed by atoms with van der Waals surface area (Å²) in [5, 5.41) is 1.21. The molecular weight excluding hydrogens is 405 g/mol. The Balaban J connectivity index is 1.91. The molecule has 1 aromatic heterocycles. The summed E-state index contributed by atoms with van der Waals surface area (Å²) in [5.74, 6) is 0.970. The largest absolute Gasteiger partial charge is 0.243 e. The Hall–Kier alpha value is -1.47. The standard InChI is InChI=1S/C17H12IN3S/c18-14-10-19-17-16(20-14)21-15(11-6-2-1-3-7-11)12-8-4-5-9-13(12)22-17/h1-10,12-13H. The van der Waals surface area contributed by atoms with Gasteiger partial charge in [-0.25, -0.2) is 15.0 Å². The van der Waals surface area contributed by atoms with Gasteiger partial charge in [0.15, 0.2) is 5.82 Å². The number of aliphatic imine (C=N–C) groups is 1. The Morgan fingerprint density at radius 2 is 1.86 bits per heavy atom. The Morgan fingerprint density at radius 3 is 2.73 bits per heavy atom. The Labute approximate surface area is 146 Å². The molecule has 3 nitrogen and oxygen atoms in total. The summed E-state index contributed by atoms with van der Waals surface area (Å²) in [6.07, 6.45) is 10.4. The molecule has 1 aliphatic heterocycles. The van der Waals surface area contributed by atoms with Gasteiger partial charge in [-0.3, -0.25) is 0 Å². The minimum Gasteiger partial charge on any atom is -0.243 e. The second-order valence-electron chi connectivity index (χ2n) is 5.06. The monoisotopic (exact) mass is 417 g/mol. The molecule has 2 atom stereocenters. The number of thioether (sulfide) groups is 1. The van der Waals surface area contributed by atoms with E-state index >= 15 is 0 Å². The van der Waals surface area contributed by atoms with Crippen LogP contribution in [0, 0.1) is 9.62 Å². The van der Waals surface area contributed by atoms with Gasteiger partial charge in [0.05, 0.1) is 11.9 Å². The zero-order valence-corrected chi connectivity index (χ0v) is 14.5. The minimum atomic E-state index is 0.242. The van der Waals surface area contributed by atoms with E-state index in [1.807, 2.05) is 6.07 Å². The summed E-state index contributed by atoms with van der Waals surface area (Å²) in [7, 11) is 0. The molecule has 4 rings (SSSR count). The van der Waals surface area contributed by atoms with Crippen molar-refractivity contribution in [2.45, 2.75) is 10.3 Å². The lowest BCUT2D eigenvalue weighted by Gasteiger charge is -2.22. The summed E-state index contributed by atoms with van der Waals surface area (Å²) >= 11 is 3.92. The first-order chi connectivity index (χ1) is 10.8. The first kappa shape index (κ1) is 14.1. The fourth-order valence-corrected chi connectivity index (χ4v) is 4.10. The van der Waals surface area contributed by atoms with E-state index in [1.165, 1.54) is 0 Å². The number of nitrogens with zero attached hydrogens (tertiary/aromatic N) is 3. The highest BCUT2D eigenvalue weighted by Crippen LogP contribution is 2.40. The molecule has 0 radical (unpaired) electrons. The lowest BCUT2D eigenvalue weighted by molar-refractivity contribution is 0.890. The van der Waals surface area contributed by atoms with Gasteiger partial charge in [-0.05, 0) is 28.2 Å². The lowest BCUT2D eigenvalue weighted by atomic mass is 9.90. The molecule has 2 unspecified atom stereocenters. The van der Waals surface area contributed by atoms with E-state index in [0.717, 1.165) is 25.8 Å². The smallest absolute Gasteiger partial charge is 0.186 e. The number of hydrogen-bond acceptors (Lipinski definition) is 4. The molecule has 1 aliphatic carbocycles. The van der Waals surface area contributed by atoms with Gasteiger partial charge < -0.3 is 0 Å². The highest BCUT2D eigenvalue weighted by atomic mass is 127. The SMILES string of the molecule is Ic1cnc2c(n1)N=C(c1ccccc1)C1C=CC=CC1S2. The van der Waals surface area contributed by atoms with E-state index in [2.05, 4.69) is 81.1 Å². The van der Waals surface area contributed by atoms with Crippen molar-refractivity contribution in [1.82, 2.24) is 9.97 Å². The average Bonchev–Trinajstić information content (AvgIpc) is 2.72. The number of benzene rings is 1. The number of halogens is 1. The zero-order valence-electron chi connectivity index (χ0n) is 11.6. The van der Waals surface area contributed by atoms with Crippen molar-refractivity contribution in [3.63, 3.8) is 0 Å². The van der Waals surface area contributed by atoms with E-state index in [0.29, 0.717) is 5.25 Å². The lowest BCUT2D eigenvalue weighted by Crippen LogP contribution is -2.24. The number of aromatic nitrogens is 2. The Kier molecular flexibility index (Phi) is 3.83. The Bertz CT molecular complexity index is 799. The summed E-state index contributed by atoms with van der Waals surface area (Å²) in [4.78, 5) is 14.0. The topological polar surface area (TPSA) is 38.1 Å². The molecule has 0 N–H and O–H groups in total. The number of allylic oxidation sites excluding steroid dienone is 3. The maximum Gasteiger partial charge on any atom is 0.186 e. The molecule has 1 aromatic carbocycles. The highest BCUT2D eigenvalue weighted by molar-refractivity contribution is 14.1. The van der Waals surface area contributed by atoms with Crippen LogP contribution in [0.5, 0.6) is 0 Å². The molecular formula is C17H12IN3S. The molecule has 0 saturated carbocycles. The predicted molar refractivity (Wildman–Crippen MR) is 98.8 cm³/mol. The molecule has 2 heterocycles. The molecule has 2 aromatic rings. The first-order valence-corrected chi connectivity index (χ1v) is 8.95. The van der Waals surface area contributed by atoms with Crippen molar-refractivity contribution >= 4 is 45.9 Å². The normalized spacial score (nSPS) is 22.5. The number of hydrogen-bond donors (Lipinski definition) is 0. The molecule has 108 valence electrons. The van der Waals surface area contributed by atoms with Gasteiger partial charge in [0.2, 0.25) is 0 Å². The van der Waals surface area contributed by atoms with Crippen LogP contribution in [0.15, 0.2) is 70.9 Å². The van der Waals surface area contributed by atoms with Crippen LogP contribution in [0.2, 0.25) is 0 Å². The number of fused-ring (bicyclic) bond motifs is 2. The van der Waals surface area contributed by atoms with Crippen LogP contribution >= 0.6 is 34.4 Å². The summed E-state index contributed by atoms with van der Waals surface area (Å²) in [5.41, 5.74) is 2.21. The molecule has 0 spiro atoms. The highest BCUT2D eigenvalue weighted by Gasteiger charge is 2.30. The summed E-state index contributed by atoms with van der Waals surface area (Å²) in [6.45, 7) is 0. The second kappa shape index (κ2) is 5.96. The van der Waals surface area contributed by atoms with Crippen molar-refractivity contribution < 1.29 is 0 Å². The zero-order chi connectivity index (χ0) is 14.9. The van der Waals surface area contributed by atoms with Gasteiger partial charge in [0, 0.05) is 11.2 Å². The van der Waals surface area contributed by atoms with E-state index in [4.69, 9.17) is 4.99 Å². The maximum absolute atomic E-state index is 4.89. The maximum atomic E-state index is 4.89. The van der Waals surface area contributed by atoms with Crippen LogP contribution in [0.1, 0.15) is 5.56 Å². The average molecular weight is 417 g/mol. The van der Waals surface area contributed by atoms with Crippen LogP contribution in [-0.2, 0) is 0 Å². The van der Waals surface area contributed by atoms with E-state index < -0.39 is 0 Å². The fraction of sp³-hybridized carbons (Fsp3) is 0.118. The van der Waals surface area contributed by atoms with Crippen molar-refractivity contribution in [3.8, 4) is 0 Å². The van der Waals surface area contributed by atoms with Gasteiger partial charge in [0.1, 0.15) is 8.73 Å². The quantitative estimate of drug-likeness (QED) is 0.645. The van der Waals surface area contributed by atoms with Crippen LogP contribution in [0.25, 0.3) is 0 Å². The van der Waals surface area contributed by atoms with Gasteiger partial charge in [-0.15, -0.1) is 0 Å². The molecule has 2 aliphatic rings. The van der Waals surface area contributed by atoms with E-state index in [1.54, 1.807) is 18.0 Å². The van der Waals surface area contributed by atoms with E-state index in [-0.39, 0.29) is 5.92 Å². The van der Waals surface area contributed by atoms with Crippen LogP contribution < -0.4 is 0 Å². The third kappa shape index (κ3) is 2.63. The summed E-state index contributed by atoms with van der Waals surface area (Å²) < 4.78 is 0.865.